The molecule has 5 heteroatoms. The molecule has 1 amide bonds. The second-order valence-electron chi connectivity index (χ2n) is 3.01. The van der Waals surface area contributed by atoms with Gasteiger partial charge in [0.1, 0.15) is 0 Å². The molecular formula is C11H15N3OS. The van der Waals surface area contributed by atoms with Crippen molar-refractivity contribution in [2.24, 2.45) is 0 Å². The van der Waals surface area contributed by atoms with Crippen LogP contribution in [0.5, 0.6) is 0 Å². The van der Waals surface area contributed by atoms with E-state index in [2.05, 4.69) is 5.32 Å². The highest BCUT2D eigenvalue weighted by molar-refractivity contribution is 8.14. The van der Waals surface area contributed by atoms with Crippen LogP contribution in [-0.2, 0) is 4.79 Å². The van der Waals surface area contributed by atoms with Crippen molar-refractivity contribution >= 4 is 34.7 Å². The summed E-state index contributed by atoms with van der Waals surface area (Å²) in [6.07, 6.45) is 0.666. The Bertz CT molecular complexity index is 381. The van der Waals surface area contributed by atoms with Crippen LogP contribution in [0.25, 0.3) is 0 Å². The molecule has 86 valence electrons. The van der Waals surface area contributed by atoms with E-state index < -0.39 is 0 Å². The van der Waals surface area contributed by atoms with Crippen molar-refractivity contribution in [3.8, 4) is 0 Å². The number of nitrogens with one attached hydrogen (secondary N) is 2. The zero-order chi connectivity index (χ0) is 12.0. The van der Waals surface area contributed by atoms with Crippen LogP contribution in [0.2, 0.25) is 0 Å². The van der Waals surface area contributed by atoms with E-state index in [-0.39, 0.29) is 5.17 Å². The van der Waals surface area contributed by atoms with Gasteiger partial charge in [0.25, 0.3) is 0 Å². The molecule has 1 rings (SSSR count). The molecular weight excluding hydrogens is 222 g/mol. The quantitative estimate of drug-likeness (QED) is 0.480. The molecule has 0 heterocycles. The summed E-state index contributed by atoms with van der Waals surface area (Å²) >= 11 is 1.33. The van der Waals surface area contributed by atoms with Gasteiger partial charge in [0.05, 0.1) is 5.69 Å². The normalized spacial score (nSPS) is 9.62. The van der Waals surface area contributed by atoms with Crippen molar-refractivity contribution in [3.05, 3.63) is 24.3 Å². The van der Waals surface area contributed by atoms with Gasteiger partial charge in [-0.2, -0.15) is 0 Å². The van der Waals surface area contributed by atoms with Gasteiger partial charge in [0.15, 0.2) is 5.17 Å². The molecule has 4 nitrogen and oxygen atoms in total. The Kier molecular flexibility index (Phi) is 4.85. The summed E-state index contributed by atoms with van der Waals surface area (Å²) in [5, 5.41) is 11.0. The first-order valence-corrected chi connectivity index (χ1v) is 5.95. The molecule has 0 unspecified atom stereocenters. The molecule has 16 heavy (non-hydrogen) atoms. The lowest BCUT2D eigenvalue weighted by Gasteiger charge is -2.17. The molecule has 0 bridgehead atoms. The Morgan fingerprint density at radius 3 is 2.94 bits per heavy atom. The number of thioether (sulfide) groups is 1. The van der Waals surface area contributed by atoms with Crippen LogP contribution in [0.15, 0.2) is 24.3 Å². The van der Waals surface area contributed by atoms with Gasteiger partial charge in [0.2, 0.25) is 6.41 Å². The van der Waals surface area contributed by atoms with Crippen molar-refractivity contribution in [3.63, 3.8) is 0 Å². The Labute approximate surface area is 99.5 Å². The number of hydrogen-bond donors (Lipinski definition) is 2. The van der Waals surface area contributed by atoms with Gasteiger partial charge in [-0.15, -0.1) is 0 Å². The molecule has 0 saturated heterocycles. The third-order valence-electron chi connectivity index (χ3n) is 2.02. The van der Waals surface area contributed by atoms with Crippen molar-refractivity contribution < 1.29 is 4.79 Å². The summed E-state index contributed by atoms with van der Waals surface area (Å²) in [6.45, 7) is 1.95. The van der Waals surface area contributed by atoms with Crippen LogP contribution >= 0.6 is 11.8 Å². The largest absolute Gasteiger partial charge is 0.388 e. The van der Waals surface area contributed by atoms with Gasteiger partial charge in [-0.1, -0.05) is 24.8 Å². The molecule has 0 aliphatic heterocycles. The van der Waals surface area contributed by atoms with Crippen molar-refractivity contribution in [1.82, 2.24) is 0 Å². The Morgan fingerprint density at radius 2 is 2.38 bits per heavy atom. The minimum absolute atomic E-state index is 0.241. The molecule has 0 fully saturated rings. The van der Waals surface area contributed by atoms with Crippen molar-refractivity contribution in [2.75, 3.05) is 23.0 Å². The number of anilines is 2. The van der Waals surface area contributed by atoms with Crippen LogP contribution in [-0.4, -0.2) is 24.4 Å². The van der Waals surface area contributed by atoms with Gasteiger partial charge < -0.3 is 5.32 Å². The van der Waals surface area contributed by atoms with E-state index in [0.29, 0.717) is 12.1 Å². The topological polar surface area (TPSA) is 56.2 Å². The summed E-state index contributed by atoms with van der Waals surface area (Å²) in [7, 11) is 1.82. The van der Waals surface area contributed by atoms with Crippen LogP contribution in [0, 0.1) is 5.41 Å². The number of nitrogens with zero attached hydrogens (tertiary/aromatic N) is 1. The molecule has 0 atom stereocenters. The SMILES string of the molecule is CCSC(=N)N(C=O)c1cccc(NC)c1. The van der Waals surface area contributed by atoms with Gasteiger partial charge in [0, 0.05) is 12.7 Å². The van der Waals surface area contributed by atoms with E-state index >= 15 is 0 Å². The lowest BCUT2D eigenvalue weighted by Crippen LogP contribution is -2.26. The van der Waals surface area contributed by atoms with E-state index in [1.165, 1.54) is 16.7 Å². The van der Waals surface area contributed by atoms with E-state index in [0.717, 1.165) is 11.4 Å². The van der Waals surface area contributed by atoms with Crippen molar-refractivity contribution in [1.29, 1.82) is 5.41 Å². The van der Waals surface area contributed by atoms with Crippen LogP contribution in [0.1, 0.15) is 6.92 Å². The molecule has 0 aliphatic carbocycles. The fourth-order valence-corrected chi connectivity index (χ4v) is 1.80. The molecule has 1 aromatic rings. The Morgan fingerprint density at radius 1 is 1.62 bits per heavy atom. The fraction of sp³-hybridized carbons (Fsp3) is 0.273. The standard InChI is InChI=1S/C11H15N3OS/c1-3-16-11(12)14(8-15)10-6-4-5-9(7-10)13-2/h4-8,12-13H,3H2,1-2H3. The number of hydrogen-bond acceptors (Lipinski definition) is 4. The van der Waals surface area contributed by atoms with E-state index in [1.807, 2.05) is 32.2 Å². The number of amidine groups is 1. The van der Waals surface area contributed by atoms with Crippen molar-refractivity contribution in [2.45, 2.75) is 6.92 Å². The van der Waals surface area contributed by atoms with Crippen LogP contribution in [0.3, 0.4) is 0 Å². The predicted molar refractivity (Wildman–Crippen MR) is 70.4 cm³/mol. The van der Waals surface area contributed by atoms with E-state index in [4.69, 9.17) is 5.41 Å². The van der Waals surface area contributed by atoms with Crippen LogP contribution in [0.4, 0.5) is 11.4 Å². The average molecular weight is 237 g/mol. The number of amides is 1. The lowest BCUT2D eigenvalue weighted by molar-refractivity contribution is -0.106. The zero-order valence-corrected chi connectivity index (χ0v) is 10.2. The zero-order valence-electron chi connectivity index (χ0n) is 9.36. The number of rotatable bonds is 4. The highest BCUT2D eigenvalue weighted by atomic mass is 32.2. The third-order valence-corrected chi connectivity index (χ3v) is 2.78. The Hall–Kier alpha value is -1.49. The van der Waals surface area contributed by atoms with Gasteiger partial charge in [-0.05, 0) is 24.0 Å². The molecule has 0 aromatic heterocycles. The average Bonchev–Trinajstić information content (AvgIpc) is 2.31. The van der Waals surface area contributed by atoms with Gasteiger partial charge in [-0.3, -0.25) is 15.1 Å². The number of carbonyl (C=O) groups is 1. The molecule has 0 aliphatic rings. The smallest absolute Gasteiger partial charge is 0.220 e. The van der Waals surface area contributed by atoms with Gasteiger partial charge >= 0.3 is 0 Å². The number of benzene rings is 1. The predicted octanol–water partition coefficient (Wildman–Crippen LogP) is 2.38. The summed E-state index contributed by atoms with van der Waals surface area (Å²) in [5.41, 5.74) is 1.62. The van der Waals surface area contributed by atoms with E-state index in [1.54, 1.807) is 6.07 Å². The number of carbonyl (C=O) groups excluding carboxylic acids is 1. The minimum Gasteiger partial charge on any atom is -0.388 e. The molecule has 0 radical (unpaired) electrons. The monoisotopic (exact) mass is 237 g/mol. The second-order valence-corrected chi connectivity index (χ2v) is 4.27. The summed E-state index contributed by atoms with van der Waals surface area (Å²) in [5.74, 6) is 0.773. The first kappa shape index (κ1) is 12.6. The maximum absolute atomic E-state index is 11.0. The molecule has 0 spiro atoms. The maximum atomic E-state index is 11.0. The highest BCUT2D eigenvalue weighted by Crippen LogP contribution is 2.20. The highest BCUT2D eigenvalue weighted by Gasteiger charge is 2.11. The summed E-state index contributed by atoms with van der Waals surface area (Å²) < 4.78 is 0. The minimum atomic E-state index is 0.241. The van der Waals surface area contributed by atoms with E-state index in [9.17, 15) is 4.79 Å². The Balaban J connectivity index is 2.94. The first-order valence-electron chi connectivity index (χ1n) is 4.96. The fourth-order valence-electron chi connectivity index (χ4n) is 1.24. The third kappa shape index (κ3) is 3.00. The maximum Gasteiger partial charge on any atom is 0.220 e. The summed E-state index contributed by atoms with van der Waals surface area (Å²) in [4.78, 5) is 12.3. The lowest BCUT2D eigenvalue weighted by atomic mass is 10.2. The second kappa shape index (κ2) is 6.17. The molecule has 1 aromatic carbocycles. The molecule has 2 N–H and O–H groups in total. The molecule has 0 saturated carbocycles. The first-order chi connectivity index (χ1) is 7.72. The summed E-state index contributed by atoms with van der Waals surface area (Å²) in [6, 6.07) is 7.39. The van der Waals surface area contributed by atoms with Gasteiger partial charge in [-0.25, -0.2) is 0 Å². The van der Waals surface area contributed by atoms with Crippen LogP contribution < -0.4 is 10.2 Å².